The second kappa shape index (κ2) is 8.58. The van der Waals surface area contributed by atoms with Crippen LogP contribution in [0.1, 0.15) is 28.8 Å². The van der Waals surface area contributed by atoms with Gasteiger partial charge in [-0.3, -0.25) is 4.99 Å². The van der Waals surface area contributed by atoms with Gasteiger partial charge >= 0.3 is 0 Å². The molecule has 0 aliphatic heterocycles. The first-order valence-electron chi connectivity index (χ1n) is 7.76. The lowest BCUT2D eigenvalue weighted by Gasteiger charge is -2.18. The van der Waals surface area contributed by atoms with Gasteiger partial charge in [0.1, 0.15) is 5.75 Å². The van der Waals surface area contributed by atoms with Crippen molar-refractivity contribution in [1.82, 2.24) is 10.6 Å². The molecule has 4 nitrogen and oxygen atoms in total. The highest BCUT2D eigenvalue weighted by molar-refractivity contribution is 7.10. The first-order chi connectivity index (χ1) is 11.2. The third-order valence-corrected chi connectivity index (χ3v) is 4.88. The molecule has 1 heterocycles. The van der Waals surface area contributed by atoms with Crippen LogP contribution in [0.15, 0.2) is 40.7 Å². The third kappa shape index (κ3) is 4.73. The second-order valence-corrected chi connectivity index (χ2v) is 6.48. The lowest BCUT2D eigenvalue weighted by atomic mass is 10.0. The molecule has 1 aromatic carbocycles. The van der Waals surface area contributed by atoms with Gasteiger partial charge in [-0.1, -0.05) is 25.1 Å². The van der Waals surface area contributed by atoms with Crippen molar-refractivity contribution < 1.29 is 4.74 Å². The fourth-order valence-corrected chi connectivity index (χ4v) is 3.25. The summed E-state index contributed by atoms with van der Waals surface area (Å²) < 4.78 is 5.44. The SMILES string of the molecule is CN=C(NCc1sccc1C)NCC(C)c1ccccc1OC. The van der Waals surface area contributed by atoms with Crippen molar-refractivity contribution in [1.29, 1.82) is 0 Å². The highest BCUT2D eigenvalue weighted by atomic mass is 32.1. The number of ether oxygens (including phenoxy) is 1. The monoisotopic (exact) mass is 331 g/mol. The smallest absolute Gasteiger partial charge is 0.191 e. The summed E-state index contributed by atoms with van der Waals surface area (Å²) in [5.74, 6) is 2.08. The zero-order valence-electron chi connectivity index (χ0n) is 14.2. The number of hydrogen-bond acceptors (Lipinski definition) is 3. The maximum atomic E-state index is 5.44. The normalized spacial score (nSPS) is 12.8. The van der Waals surface area contributed by atoms with Gasteiger partial charge in [-0.2, -0.15) is 0 Å². The summed E-state index contributed by atoms with van der Waals surface area (Å²) in [5, 5.41) is 8.87. The molecule has 1 unspecified atom stereocenters. The van der Waals surface area contributed by atoms with Gasteiger partial charge in [0.15, 0.2) is 5.96 Å². The van der Waals surface area contributed by atoms with Gasteiger partial charge in [0.2, 0.25) is 0 Å². The second-order valence-electron chi connectivity index (χ2n) is 5.48. The number of para-hydroxylation sites is 1. The van der Waals surface area contributed by atoms with Crippen LogP contribution in [0.5, 0.6) is 5.75 Å². The molecule has 2 aromatic rings. The molecule has 23 heavy (non-hydrogen) atoms. The van der Waals surface area contributed by atoms with Crippen LogP contribution in [0.25, 0.3) is 0 Å². The standard InChI is InChI=1S/C18H25N3OS/c1-13-9-10-23-17(13)12-21-18(19-3)20-11-14(2)15-7-5-6-8-16(15)22-4/h5-10,14H,11-12H2,1-4H3,(H2,19,20,21). The molecule has 0 radical (unpaired) electrons. The highest BCUT2D eigenvalue weighted by Gasteiger charge is 2.11. The molecular formula is C18H25N3OS. The van der Waals surface area contributed by atoms with E-state index in [1.54, 1.807) is 25.5 Å². The summed E-state index contributed by atoms with van der Waals surface area (Å²) in [6.07, 6.45) is 0. The quantitative estimate of drug-likeness (QED) is 0.629. The maximum Gasteiger partial charge on any atom is 0.191 e. The van der Waals surface area contributed by atoms with Crippen molar-refractivity contribution in [3.8, 4) is 5.75 Å². The number of nitrogens with zero attached hydrogens (tertiary/aromatic N) is 1. The Balaban J connectivity index is 1.89. The number of aliphatic imine (C=N–C) groups is 1. The lowest BCUT2D eigenvalue weighted by Crippen LogP contribution is -2.38. The zero-order valence-corrected chi connectivity index (χ0v) is 15.0. The summed E-state index contributed by atoms with van der Waals surface area (Å²) in [6, 6.07) is 10.3. The molecule has 124 valence electrons. The van der Waals surface area contributed by atoms with Gasteiger partial charge < -0.3 is 15.4 Å². The van der Waals surface area contributed by atoms with Crippen LogP contribution < -0.4 is 15.4 Å². The van der Waals surface area contributed by atoms with E-state index in [4.69, 9.17) is 4.74 Å². The van der Waals surface area contributed by atoms with Gasteiger partial charge in [-0.25, -0.2) is 0 Å². The van der Waals surface area contributed by atoms with E-state index in [9.17, 15) is 0 Å². The van der Waals surface area contributed by atoms with Gasteiger partial charge in [0.25, 0.3) is 0 Å². The Morgan fingerprint density at radius 1 is 1.26 bits per heavy atom. The molecule has 0 aliphatic carbocycles. The molecule has 0 bridgehead atoms. The molecule has 0 aliphatic rings. The summed E-state index contributed by atoms with van der Waals surface area (Å²) in [7, 11) is 3.51. The van der Waals surface area contributed by atoms with Crippen LogP contribution >= 0.6 is 11.3 Å². The van der Waals surface area contributed by atoms with E-state index in [-0.39, 0.29) is 0 Å². The minimum atomic E-state index is 0.327. The maximum absolute atomic E-state index is 5.44. The summed E-state index contributed by atoms with van der Waals surface area (Å²) in [6.45, 7) is 5.91. The van der Waals surface area contributed by atoms with Crippen LogP contribution in [0.4, 0.5) is 0 Å². The Kier molecular flexibility index (Phi) is 6.47. The summed E-state index contributed by atoms with van der Waals surface area (Å²) in [4.78, 5) is 5.63. The topological polar surface area (TPSA) is 45.7 Å². The van der Waals surface area contributed by atoms with Crippen molar-refractivity contribution >= 4 is 17.3 Å². The molecule has 0 saturated carbocycles. The van der Waals surface area contributed by atoms with Crippen LogP contribution in [0.2, 0.25) is 0 Å². The largest absolute Gasteiger partial charge is 0.496 e. The average molecular weight is 331 g/mol. The molecule has 0 fully saturated rings. The Morgan fingerprint density at radius 2 is 2.04 bits per heavy atom. The predicted molar refractivity (Wildman–Crippen MR) is 98.7 cm³/mol. The zero-order chi connectivity index (χ0) is 16.7. The molecule has 2 N–H and O–H groups in total. The predicted octanol–water partition coefficient (Wildman–Crippen LogP) is 3.53. The molecule has 5 heteroatoms. The van der Waals surface area contributed by atoms with Gasteiger partial charge in [0.05, 0.1) is 13.7 Å². The number of nitrogens with one attached hydrogen (secondary N) is 2. The highest BCUT2D eigenvalue weighted by Crippen LogP contribution is 2.25. The minimum absolute atomic E-state index is 0.327. The fourth-order valence-electron chi connectivity index (χ4n) is 2.40. The molecular weight excluding hydrogens is 306 g/mol. The Morgan fingerprint density at radius 3 is 2.70 bits per heavy atom. The Hall–Kier alpha value is -2.01. The van der Waals surface area contributed by atoms with Crippen molar-refractivity contribution in [2.75, 3.05) is 20.7 Å². The van der Waals surface area contributed by atoms with E-state index < -0.39 is 0 Å². The third-order valence-electron chi connectivity index (χ3n) is 3.85. The van der Waals surface area contributed by atoms with E-state index >= 15 is 0 Å². The average Bonchev–Trinajstić information content (AvgIpc) is 2.99. The van der Waals surface area contributed by atoms with Crippen LogP contribution in [-0.4, -0.2) is 26.7 Å². The number of hydrogen-bond donors (Lipinski definition) is 2. The van der Waals surface area contributed by atoms with Crippen LogP contribution in [-0.2, 0) is 6.54 Å². The van der Waals surface area contributed by atoms with E-state index in [1.165, 1.54) is 16.0 Å². The van der Waals surface area contributed by atoms with Crippen molar-refractivity contribution in [3.63, 3.8) is 0 Å². The minimum Gasteiger partial charge on any atom is -0.496 e. The number of benzene rings is 1. The van der Waals surface area contributed by atoms with E-state index in [0.29, 0.717) is 5.92 Å². The first kappa shape index (κ1) is 17.3. The van der Waals surface area contributed by atoms with Gasteiger partial charge in [-0.15, -0.1) is 11.3 Å². The molecule has 0 saturated heterocycles. The summed E-state index contributed by atoms with van der Waals surface area (Å²) >= 11 is 1.77. The lowest BCUT2D eigenvalue weighted by molar-refractivity contribution is 0.406. The molecule has 2 rings (SSSR count). The van der Waals surface area contributed by atoms with Crippen molar-refractivity contribution in [2.24, 2.45) is 4.99 Å². The summed E-state index contributed by atoms with van der Waals surface area (Å²) in [5.41, 5.74) is 2.52. The number of rotatable bonds is 6. The Bertz CT molecular complexity index is 651. The van der Waals surface area contributed by atoms with Gasteiger partial charge in [0, 0.05) is 24.4 Å². The van der Waals surface area contributed by atoms with Crippen molar-refractivity contribution in [3.05, 3.63) is 51.7 Å². The van der Waals surface area contributed by atoms with Crippen molar-refractivity contribution in [2.45, 2.75) is 26.3 Å². The molecule has 1 atom stereocenters. The number of thiophene rings is 1. The fraction of sp³-hybridized carbons (Fsp3) is 0.389. The van der Waals surface area contributed by atoms with Crippen LogP contribution in [0, 0.1) is 6.92 Å². The number of guanidine groups is 1. The van der Waals surface area contributed by atoms with E-state index in [1.807, 2.05) is 18.2 Å². The van der Waals surface area contributed by atoms with E-state index in [2.05, 4.69) is 47.0 Å². The van der Waals surface area contributed by atoms with E-state index in [0.717, 1.165) is 24.8 Å². The first-order valence-corrected chi connectivity index (χ1v) is 8.64. The molecule has 0 amide bonds. The Labute approximate surface area is 142 Å². The number of aryl methyl sites for hydroxylation is 1. The van der Waals surface area contributed by atoms with Crippen LogP contribution in [0.3, 0.4) is 0 Å². The molecule has 1 aromatic heterocycles. The molecule has 0 spiro atoms. The number of methoxy groups -OCH3 is 1. The van der Waals surface area contributed by atoms with Gasteiger partial charge in [-0.05, 0) is 35.6 Å².